The number of aliphatic hydroxyl groups excluding tert-OH is 1. The summed E-state index contributed by atoms with van der Waals surface area (Å²) in [4.78, 5) is 31.7. The SMILES string of the molecule is CCN(CC)CCNC(=O)c1c(C)[nH]c(/C=C2\C(=O)Nc3ccccc32)c1-c1cccc(CO)c1. The Bertz CT molecular complexity index is 1270. The van der Waals surface area contributed by atoms with E-state index in [1.54, 1.807) is 0 Å². The zero-order valence-electron chi connectivity index (χ0n) is 20.4. The molecule has 4 N–H and O–H groups in total. The average Bonchev–Trinajstić information content (AvgIpc) is 3.37. The molecule has 0 bridgehead atoms. The van der Waals surface area contributed by atoms with Gasteiger partial charge in [0, 0.05) is 41.3 Å². The molecule has 0 aliphatic carbocycles. The van der Waals surface area contributed by atoms with E-state index in [1.807, 2.05) is 61.5 Å². The topological polar surface area (TPSA) is 97.5 Å². The molecule has 1 aliphatic rings. The molecule has 1 aliphatic heterocycles. The number of aliphatic hydroxyl groups is 1. The number of aryl methyl sites for hydroxylation is 1. The molecule has 2 heterocycles. The molecule has 182 valence electrons. The summed E-state index contributed by atoms with van der Waals surface area (Å²) < 4.78 is 0. The van der Waals surface area contributed by atoms with E-state index in [1.165, 1.54) is 0 Å². The van der Waals surface area contributed by atoms with Crippen LogP contribution >= 0.6 is 0 Å². The van der Waals surface area contributed by atoms with Crippen molar-refractivity contribution in [2.24, 2.45) is 0 Å². The minimum absolute atomic E-state index is 0.102. The lowest BCUT2D eigenvalue weighted by Crippen LogP contribution is -2.35. The lowest BCUT2D eigenvalue weighted by atomic mass is 9.96. The minimum Gasteiger partial charge on any atom is -0.392 e. The van der Waals surface area contributed by atoms with Crippen LogP contribution in [0.3, 0.4) is 0 Å². The Morgan fingerprint density at radius 2 is 1.89 bits per heavy atom. The van der Waals surface area contributed by atoms with Crippen LogP contribution in [-0.2, 0) is 11.4 Å². The van der Waals surface area contributed by atoms with Gasteiger partial charge in [0.1, 0.15) is 0 Å². The number of hydrogen-bond acceptors (Lipinski definition) is 4. The lowest BCUT2D eigenvalue weighted by Gasteiger charge is -2.18. The highest BCUT2D eigenvalue weighted by atomic mass is 16.3. The van der Waals surface area contributed by atoms with Gasteiger partial charge in [-0.3, -0.25) is 9.59 Å². The van der Waals surface area contributed by atoms with Gasteiger partial charge in [0.25, 0.3) is 11.8 Å². The molecule has 0 unspecified atom stereocenters. The number of amides is 2. The Morgan fingerprint density at radius 1 is 1.11 bits per heavy atom. The molecule has 0 fully saturated rings. The third-order valence-electron chi connectivity index (χ3n) is 6.45. The Hall–Kier alpha value is -3.68. The van der Waals surface area contributed by atoms with E-state index in [2.05, 4.69) is 34.4 Å². The third kappa shape index (κ3) is 5.06. The second-order valence-electron chi connectivity index (χ2n) is 8.61. The largest absolute Gasteiger partial charge is 0.392 e. The van der Waals surface area contributed by atoms with E-state index in [9.17, 15) is 14.7 Å². The summed E-state index contributed by atoms with van der Waals surface area (Å²) in [6.07, 6.45) is 1.81. The van der Waals surface area contributed by atoms with Crippen molar-refractivity contribution in [2.75, 3.05) is 31.5 Å². The number of anilines is 1. The van der Waals surface area contributed by atoms with Gasteiger partial charge in [0.15, 0.2) is 0 Å². The van der Waals surface area contributed by atoms with Gasteiger partial charge >= 0.3 is 0 Å². The molecule has 35 heavy (non-hydrogen) atoms. The van der Waals surface area contributed by atoms with Gasteiger partial charge in [-0.2, -0.15) is 0 Å². The second-order valence-corrected chi connectivity index (χ2v) is 8.61. The van der Waals surface area contributed by atoms with Crippen LogP contribution in [0.4, 0.5) is 5.69 Å². The molecule has 0 saturated heterocycles. The normalized spacial score (nSPS) is 13.9. The zero-order chi connectivity index (χ0) is 24.9. The van der Waals surface area contributed by atoms with Crippen molar-refractivity contribution in [2.45, 2.75) is 27.4 Å². The Kier molecular flexibility index (Phi) is 7.48. The summed E-state index contributed by atoms with van der Waals surface area (Å²) >= 11 is 0. The summed E-state index contributed by atoms with van der Waals surface area (Å²) in [7, 11) is 0. The van der Waals surface area contributed by atoms with Crippen LogP contribution in [0, 0.1) is 6.92 Å². The van der Waals surface area contributed by atoms with Gasteiger partial charge in [0.2, 0.25) is 0 Å². The van der Waals surface area contributed by atoms with Gasteiger partial charge in [-0.25, -0.2) is 0 Å². The Balaban J connectivity index is 1.78. The van der Waals surface area contributed by atoms with E-state index >= 15 is 0 Å². The van der Waals surface area contributed by atoms with E-state index in [0.29, 0.717) is 34.6 Å². The number of carbonyl (C=O) groups is 2. The van der Waals surface area contributed by atoms with Gasteiger partial charge in [0.05, 0.1) is 17.7 Å². The maximum atomic E-state index is 13.4. The first kappa shape index (κ1) is 24.4. The predicted molar refractivity (Wildman–Crippen MR) is 140 cm³/mol. The fourth-order valence-corrected chi connectivity index (χ4v) is 4.55. The number of hydrogen-bond donors (Lipinski definition) is 4. The quantitative estimate of drug-likeness (QED) is 0.353. The fourth-order valence-electron chi connectivity index (χ4n) is 4.55. The summed E-state index contributed by atoms with van der Waals surface area (Å²) in [6.45, 7) is 9.12. The molecule has 7 nitrogen and oxygen atoms in total. The average molecular weight is 473 g/mol. The standard InChI is InChI=1S/C28H32N4O3/c1-4-32(5-2)14-13-29-28(35)25-18(3)30-24(26(25)20-10-8-9-19(15-20)17-33)16-22-21-11-6-7-12-23(21)31-27(22)34/h6-12,15-16,30,33H,4-5,13-14,17H2,1-3H3,(H,29,35)(H,31,34)/b22-16-. The van der Waals surface area contributed by atoms with Crippen LogP contribution in [0.15, 0.2) is 48.5 Å². The van der Waals surface area contributed by atoms with Crippen molar-refractivity contribution >= 4 is 29.2 Å². The molecule has 2 aromatic carbocycles. The second kappa shape index (κ2) is 10.7. The highest BCUT2D eigenvalue weighted by molar-refractivity contribution is 6.35. The van der Waals surface area contributed by atoms with Crippen molar-refractivity contribution in [3.05, 3.63) is 76.6 Å². The highest BCUT2D eigenvalue weighted by Gasteiger charge is 2.27. The zero-order valence-corrected chi connectivity index (χ0v) is 20.4. The summed E-state index contributed by atoms with van der Waals surface area (Å²) in [5, 5.41) is 15.7. The van der Waals surface area contributed by atoms with Gasteiger partial charge in [-0.15, -0.1) is 0 Å². The molecular formula is C28H32N4O3. The number of aromatic amines is 1. The van der Waals surface area contributed by atoms with Crippen LogP contribution in [-0.4, -0.2) is 53.0 Å². The van der Waals surface area contributed by atoms with Crippen LogP contribution in [0.1, 0.15) is 46.7 Å². The number of carbonyl (C=O) groups excluding carboxylic acids is 2. The molecular weight excluding hydrogens is 440 g/mol. The van der Waals surface area contributed by atoms with Gasteiger partial charge < -0.3 is 25.6 Å². The number of likely N-dealkylation sites (N-methyl/N-ethyl adjacent to an activating group) is 1. The maximum Gasteiger partial charge on any atom is 0.256 e. The van der Waals surface area contributed by atoms with E-state index < -0.39 is 0 Å². The van der Waals surface area contributed by atoms with Crippen molar-refractivity contribution in [1.29, 1.82) is 0 Å². The number of nitrogens with zero attached hydrogens (tertiary/aromatic N) is 1. The number of para-hydroxylation sites is 1. The molecule has 7 heteroatoms. The highest BCUT2D eigenvalue weighted by Crippen LogP contribution is 2.37. The third-order valence-corrected chi connectivity index (χ3v) is 6.45. The molecule has 1 aromatic heterocycles. The monoisotopic (exact) mass is 472 g/mol. The first-order valence-electron chi connectivity index (χ1n) is 12.0. The molecule has 0 spiro atoms. The number of benzene rings is 2. The van der Waals surface area contributed by atoms with Crippen LogP contribution in [0.25, 0.3) is 22.8 Å². The van der Waals surface area contributed by atoms with E-state index in [-0.39, 0.29) is 18.4 Å². The number of aromatic nitrogens is 1. The molecule has 0 atom stereocenters. The first-order valence-corrected chi connectivity index (χ1v) is 12.0. The van der Waals surface area contributed by atoms with E-state index in [4.69, 9.17) is 0 Å². The van der Waals surface area contributed by atoms with Crippen molar-refractivity contribution in [3.8, 4) is 11.1 Å². The molecule has 2 amide bonds. The van der Waals surface area contributed by atoms with E-state index in [0.717, 1.165) is 42.0 Å². The summed E-state index contributed by atoms with van der Waals surface area (Å²) in [6, 6.07) is 15.0. The van der Waals surface area contributed by atoms with Crippen LogP contribution in [0.2, 0.25) is 0 Å². The number of rotatable bonds is 9. The van der Waals surface area contributed by atoms with Crippen LogP contribution < -0.4 is 10.6 Å². The Morgan fingerprint density at radius 3 is 2.63 bits per heavy atom. The molecule has 0 saturated carbocycles. The summed E-state index contributed by atoms with van der Waals surface area (Å²) in [5.41, 5.74) is 6.32. The Labute approximate surface area is 205 Å². The van der Waals surface area contributed by atoms with Crippen molar-refractivity contribution in [1.82, 2.24) is 15.2 Å². The molecule has 3 aromatic rings. The maximum absolute atomic E-state index is 13.4. The molecule has 0 radical (unpaired) electrons. The van der Waals surface area contributed by atoms with Crippen molar-refractivity contribution in [3.63, 3.8) is 0 Å². The minimum atomic E-state index is -0.182. The molecule has 4 rings (SSSR count). The number of H-pyrrole nitrogens is 1. The first-order chi connectivity index (χ1) is 17.0. The number of fused-ring (bicyclic) bond motifs is 1. The van der Waals surface area contributed by atoms with Crippen molar-refractivity contribution < 1.29 is 14.7 Å². The predicted octanol–water partition coefficient (Wildman–Crippen LogP) is 4.05. The van der Waals surface area contributed by atoms with Gasteiger partial charge in [-0.05, 0) is 49.3 Å². The fraction of sp³-hybridized carbons (Fsp3) is 0.286. The number of nitrogens with one attached hydrogen (secondary N) is 3. The summed E-state index contributed by atoms with van der Waals surface area (Å²) in [5.74, 6) is -0.352. The lowest BCUT2D eigenvalue weighted by molar-refractivity contribution is -0.110. The smallest absolute Gasteiger partial charge is 0.256 e. The van der Waals surface area contributed by atoms with Crippen LogP contribution in [0.5, 0.6) is 0 Å². The van der Waals surface area contributed by atoms with Gasteiger partial charge in [-0.1, -0.05) is 50.2 Å².